The smallest absolute Gasteiger partial charge is 0.545 e. The van der Waals surface area contributed by atoms with Crippen LogP contribution in [0.1, 0.15) is 39.6 Å². The first-order valence-corrected chi connectivity index (χ1v) is 11.0. The molecular weight excluding hydrogens is 456 g/mol. The summed E-state index contributed by atoms with van der Waals surface area (Å²) in [4.78, 5) is 11.0. The van der Waals surface area contributed by atoms with E-state index in [1.165, 1.54) is 11.1 Å². The first-order valence-electron chi connectivity index (χ1n) is 10.2. The van der Waals surface area contributed by atoms with Crippen LogP contribution >= 0.6 is 23.2 Å². The van der Waals surface area contributed by atoms with Crippen LogP contribution in [0.25, 0.3) is 11.1 Å². The molecule has 0 saturated carbocycles. The maximum Gasteiger partial charge on any atom is 1.00 e. The number of carbonyl (C=O) groups excluding carboxylic acids is 1. The molecule has 1 aliphatic rings. The molecule has 0 aromatic heterocycles. The van der Waals surface area contributed by atoms with Crippen LogP contribution in [-0.2, 0) is 12.8 Å². The fourth-order valence-corrected chi connectivity index (χ4v) is 4.33. The number of carbonyl (C=O) groups is 1. The number of aryl methyl sites for hydroxylation is 1. The van der Waals surface area contributed by atoms with Crippen LogP contribution in [0.2, 0.25) is 10.0 Å². The van der Waals surface area contributed by atoms with E-state index in [0.717, 1.165) is 36.0 Å². The van der Waals surface area contributed by atoms with Crippen LogP contribution in [0.4, 0.5) is 0 Å². The summed E-state index contributed by atoms with van der Waals surface area (Å²) < 4.78 is 0. The van der Waals surface area contributed by atoms with Gasteiger partial charge in [0, 0.05) is 12.6 Å². The Labute approximate surface area is 219 Å². The fraction of sp³-hybridized carbons (Fsp3) is 0.240. The first kappa shape index (κ1) is 25.3. The number of aliphatic hydroxyl groups excluding tert-OH is 1. The Balaban J connectivity index is 0.00000289. The largest absolute Gasteiger partial charge is 1.00 e. The summed E-state index contributed by atoms with van der Waals surface area (Å²) in [7, 11) is 0. The Morgan fingerprint density at radius 3 is 2.41 bits per heavy atom. The molecule has 0 unspecified atom stereocenters. The molecule has 3 aromatic rings. The molecule has 2 atom stereocenters. The molecule has 32 heavy (non-hydrogen) atoms. The number of fused-ring (bicyclic) bond motifs is 1. The van der Waals surface area contributed by atoms with Crippen molar-refractivity contribution in [3.8, 4) is 11.1 Å². The molecule has 0 fully saturated rings. The van der Waals surface area contributed by atoms with E-state index in [-0.39, 0.29) is 41.2 Å². The molecule has 0 bridgehead atoms. The molecular formula is C25H22Cl2NNaO3. The van der Waals surface area contributed by atoms with E-state index in [1.807, 2.05) is 0 Å². The summed E-state index contributed by atoms with van der Waals surface area (Å²) in [6, 6.07) is 18.6. The van der Waals surface area contributed by atoms with Crippen LogP contribution in [0.15, 0.2) is 60.7 Å². The average molecular weight is 478 g/mol. The van der Waals surface area contributed by atoms with Gasteiger partial charge in [0.1, 0.15) is 0 Å². The van der Waals surface area contributed by atoms with Crippen molar-refractivity contribution in [2.75, 3.05) is 6.54 Å². The van der Waals surface area contributed by atoms with Crippen LogP contribution in [-0.4, -0.2) is 23.7 Å². The van der Waals surface area contributed by atoms with E-state index < -0.39 is 12.1 Å². The second-order valence-corrected chi connectivity index (χ2v) is 8.70. The van der Waals surface area contributed by atoms with Crippen LogP contribution in [0.3, 0.4) is 0 Å². The van der Waals surface area contributed by atoms with Crippen LogP contribution in [0, 0.1) is 0 Å². The first-order chi connectivity index (χ1) is 14.9. The minimum Gasteiger partial charge on any atom is -0.545 e. The van der Waals surface area contributed by atoms with Gasteiger partial charge in [-0.1, -0.05) is 71.7 Å². The number of aliphatic hydroxyl groups is 1. The number of hydrogen-bond acceptors (Lipinski definition) is 4. The summed E-state index contributed by atoms with van der Waals surface area (Å²) in [5.41, 5.74) is 5.54. The third-order valence-electron chi connectivity index (χ3n) is 5.82. The summed E-state index contributed by atoms with van der Waals surface area (Å²) in [5.74, 6) is -1.17. The fourth-order valence-electron chi connectivity index (χ4n) is 4.03. The van der Waals surface area contributed by atoms with Crippen LogP contribution < -0.4 is 40.0 Å². The maximum absolute atomic E-state index is 11.0. The molecule has 4 nitrogen and oxygen atoms in total. The van der Waals surface area contributed by atoms with Gasteiger partial charge in [0.05, 0.1) is 22.1 Å². The molecule has 0 heterocycles. The number of carboxylic acid groups (broad SMARTS) is 1. The topological polar surface area (TPSA) is 72.4 Å². The van der Waals surface area contributed by atoms with Gasteiger partial charge in [-0.25, -0.2) is 0 Å². The van der Waals surface area contributed by atoms with E-state index in [2.05, 4.69) is 23.5 Å². The normalized spacial score (nSPS) is 16.0. The second kappa shape index (κ2) is 11.2. The third kappa shape index (κ3) is 5.95. The molecule has 0 amide bonds. The van der Waals surface area contributed by atoms with Crippen molar-refractivity contribution in [2.45, 2.75) is 31.4 Å². The molecule has 3 aromatic carbocycles. The summed E-state index contributed by atoms with van der Waals surface area (Å²) in [5, 5.41) is 25.8. The van der Waals surface area contributed by atoms with Crippen molar-refractivity contribution in [3.63, 3.8) is 0 Å². The summed E-state index contributed by atoms with van der Waals surface area (Å²) >= 11 is 12.0. The van der Waals surface area contributed by atoms with Crippen LogP contribution in [0.5, 0.6) is 0 Å². The molecule has 4 rings (SSSR count). The minimum atomic E-state index is -1.17. The van der Waals surface area contributed by atoms with Gasteiger partial charge in [-0.2, -0.15) is 0 Å². The number of nitrogens with one attached hydrogen (secondary N) is 1. The van der Waals surface area contributed by atoms with Gasteiger partial charge in [0.2, 0.25) is 0 Å². The molecule has 2 N–H and O–H groups in total. The Morgan fingerprint density at radius 2 is 1.72 bits per heavy atom. The van der Waals surface area contributed by atoms with Crippen molar-refractivity contribution in [3.05, 3.63) is 93.0 Å². The second-order valence-electron chi connectivity index (χ2n) is 7.89. The van der Waals surface area contributed by atoms with Crippen molar-refractivity contribution < 1.29 is 44.6 Å². The van der Waals surface area contributed by atoms with E-state index in [0.29, 0.717) is 16.6 Å². The zero-order valence-electron chi connectivity index (χ0n) is 17.8. The molecule has 7 heteroatoms. The molecule has 0 saturated heterocycles. The van der Waals surface area contributed by atoms with Gasteiger partial charge in [-0.05, 0) is 64.8 Å². The van der Waals surface area contributed by atoms with Gasteiger partial charge in [-0.3, -0.25) is 0 Å². The number of halogens is 2. The Bertz CT molecular complexity index is 1100. The standard InChI is InChI=1S/C25H23Cl2NO3.Na/c26-22-10-8-19(13-23(22)27)24(29)14-28-21-9-7-16-3-6-18(11-20(16)12-21)15-1-4-17(5-2-15)25(30)31;/h1-6,8,10-11,13,21,24,28-29H,7,9,12,14H2,(H,30,31);/q;+1/p-1/t21-,24-;/m0./s1. The van der Waals surface area contributed by atoms with E-state index in [1.54, 1.807) is 42.5 Å². The van der Waals surface area contributed by atoms with E-state index in [9.17, 15) is 15.0 Å². The Kier molecular flexibility index (Phi) is 8.82. The SMILES string of the molecule is O=C([O-])c1ccc(-c2ccc3c(c2)C[C@@H](NC[C@H](O)c2ccc(Cl)c(Cl)c2)CC3)cc1.[Na+]. The molecule has 0 spiro atoms. The zero-order chi connectivity index (χ0) is 22.0. The number of rotatable bonds is 6. The number of carboxylic acids is 1. The third-order valence-corrected chi connectivity index (χ3v) is 6.56. The van der Waals surface area contributed by atoms with Crippen molar-refractivity contribution >= 4 is 29.2 Å². The van der Waals surface area contributed by atoms with E-state index >= 15 is 0 Å². The predicted octanol–water partition coefficient (Wildman–Crippen LogP) is 1.21. The molecule has 0 radical (unpaired) electrons. The molecule has 0 aliphatic heterocycles. The molecule has 1 aliphatic carbocycles. The number of hydrogen-bond donors (Lipinski definition) is 2. The van der Waals surface area contributed by atoms with Gasteiger partial charge >= 0.3 is 29.6 Å². The van der Waals surface area contributed by atoms with Crippen molar-refractivity contribution in [1.29, 1.82) is 0 Å². The quantitative estimate of drug-likeness (QED) is 0.523. The Hall–Kier alpha value is -1.37. The predicted molar refractivity (Wildman–Crippen MR) is 121 cm³/mol. The van der Waals surface area contributed by atoms with E-state index in [4.69, 9.17) is 23.2 Å². The van der Waals surface area contributed by atoms with Gasteiger partial charge in [0.15, 0.2) is 0 Å². The van der Waals surface area contributed by atoms with Gasteiger partial charge in [0.25, 0.3) is 0 Å². The monoisotopic (exact) mass is 477 g/mol. The number of benzene rings is 3. The van der Waals surface area contributed by atoms with Crippen molar-refractivity contribution in [2.24, 2.45) is 0 Å². The number of aromatic carboxylic acids is 1. The Morgan fingerprint density at radius 1 is 1.00 bits per heavy atom. The van der Waals surface area contributed by atoms with Gasteiger partial charge in [-0.15, -0.1) is 0 Å². The van der Waals surface area contributed by atoms with Crippen molar-refractivity contribution in [1.82, 2.24) is 5.32 Å². The molecule has 160 valence electrons. The summed E-state index contributed by atoms with van der Waals surface area (Å²) in [6.45, 7) is 0.433. The zero-order valence-corrected chi connectivity index (χ0v) is 21.3. The maximum atomic E-state index is 11.0. The minimum absolute atomic E-state index is 0. The summed E-state index contributed by atoms with van der Waals surface area (Å²) in [6.07, 6.45) is 2.18. The van der Waals surface area contributed by atoms with Gasteiger partial charge < -0.3 is 20.3 Å². The average Bonchev–Trinajstić information content (AvgIpc) is 2.78.